The molecule has 1 heterocycles. The van der Waals surface area contributed by atoms with E-state index >= 15 is 0 Å². The summed E-state index contributed by atoms with van der Waals surface area (Å²) in [5.74, 6) is -0.853. The molecule has 0 bridgehead atoms. The molecule has 0 spiro atoms. The lowest BCUT2D eigenvalue weighted by Gasteiger charge is -2.18. The Labute approximate surface area is 193 Å². The maximum atomic E-state index is 13.3. The fraction of sp³-hybridized carbons (Fsp3) is 0.240. The van der Waals surface area contributed by atoms with Crippen molar-refractivity contribution in [2.45, 2.75) is 17.4 Å². The number of carbonyl (C=O) groups is 1. The summed E-state index contributed by atoms with van der Waals surface area (Å²) in [4.78, 5) is 13.3. The number of hydrogen-bond donors (Lipinski definition) is 1. The van der Waals surface area contributed by atoms with E-state index in [1.807, 2.05) is 30.3 Å². The van der Waals surface area contributed by atoms with E-state index in [0.29, 0.717) is 5.75 Å². The summed E-state index contributed by atoms with van der Waals surface area (Å²) in [5, 5.41) is 2.89. The highest BCUT2D eigenvalue weighted by molar-refractivity contribution is 7.89. The SMILES string of the molecule is COc1ccc(S(=O)(=O)N2CC(C(=O)NCc3ccc(F)cc3)C(c3ccccc3)C2)cc1. The van der Waals surface area contributed by atoms with Gasteiger partial charge in [0.15, 0.2) is 0 Å². The second-order valence-corrected chi connectivity index (χ2v) is 9.90. The van der Waals surface area contributed by atoms with Gasteiger partial charge in [0, 0.05) is 25.6 Å². The largest absolute Gasteiger partial charge is 0.497 e. The Bertz CT molecular complexity index is 1200. The molecule has 1 saturated heterocycles. The summed E-state index contributed by atoms with van der Waals surface area (Å²) in [6.45, 7) is 0.512. The number of ether oxygens (including phenoxy) is 1. The van der Waals surface area contributed by atoms with Crippen LogP contribution in [0.4, 0.5) is 4.39 Å². The van der Waals surface area contributed by atoms with Crippen molar-refractivity contribution < 1.29 is 22.3 Å². The quantitative estimate of drug-likeness (QED) is 0.575. The molecule has 6 nitrogen and oxygen atoms in total. The standard InChI is InChI=1S/C25H25FN2O4S/c1-32-21-11-13-22(14-12-21)33(30,31)28-16-23(19-5-3-2-4-6-19)24(17-28)25(29)27-15-18-7-9-20(26)10-8-18/h2-14,23-24H,15-17H2,1H3,(H,27,29). The van der Waals surface area contributed by atoms with Crippen LogP contribution in [0, 0.1) is 11.7 Å². The highest BCUT2D eigenvalue weighted by Gasteiger charge is 2.43. The summed E-state index contributed by atoms with van der Waals surface area (Å²) >= 11 is 0. The fourth-order valence-electron chi connectivity index (χ4n) is 4.09. The molecule has 0 aliphatic carbocycles. The lowest BCUT2D eigenvalue weighted by atomic mass is 9.88. The number of rotatable bonds is 7. The summed E-state index contributed by atoms with van der Waals surface area (Å²) in [5.41, 5.74) is 1.67. The van der Waals surface area contributed by atoms with Gasteiger partial charge >= 0.3 is 0 Å². The molecule has 33 heavy (non-hydrogen) atoms. The van der Waals surface area contributed by atoms with Crippen LogP contribution in [0.1, 0.15) is 17.0 Å². The molecule has 1 aliphatic heterocycles. The molecule has 3 aromatic rings. The van der Waals surface area contributed by atoms with Crippen molar-refractivity contribution in [1.82, 2.24) is 9.62 Å². The molecular weight excluding hydrogens is 443 g/mol. The van der Waals surface area contributed by atoms with Crippen LogP contribution in [0.25, 0.3) is 0 Å². The third-order valence-corrected chi connectivity index (χ3v) is 7.77. The second kappa shape index (κ2) is 9.72. The minimum absolute atomic E-state index is 0.0726. The van der Waals surface area contributed by atoms with Crippen LogP contribution in [-0.2, 0) is 21.4 Å². The fourth-order valence-corrected chi connectivity index (χ4v) is 5.58. The molecule has 172 valence electrons. The van der Waals surface area contributed by atoms with Crippen LogP contribution < -0.4 is 10.1 Å². The van der Waals surface area contributed by atoms with Gasteiger partial charge in [0.05, 0.1) is 17.9 Å². The Hall–Kier alpha value is -3.23. The smallest absolute Gasteiger partial charge is 0.243 e. The van der Waals surface area contributed by atoms with Crippen molar-refractivity contribution in [1.29, 1.82) is 0 Å². The number of amides is 1. The van der Waals surface area contributed by atoms with Crippen LogP contribution in [0.3, 0.4) is 0 Å². The molecule has 0 aromatic heterocycles. The number of methoxy groups -OCH3 is 1. The number of nitrogens with zero attached hydrogens (tertiary/aromatic N) is 1. The zero-order chi connectivity index (χ0) is 23.4. The molecule has 1 N–H and O–H groups in total. The maximum Gasteiger partial charge on any atom is 0.243 e. The lowest BCUT2D eigenvalue weighted by Crippen LogP contribution is -2.35. The topological polar surface area (TPSA) is 75.7 Å². The number of benzene rings is 3. The monoisotopic (exact) mass is 468 g/mol. The minimum atomic E-state index is -3.79. The van der Waals surface area contributed by atoms with Crippen molar-refractivity contribution in [2.75, 3.05) is 20.2 Å². The highest BCUT2D eigenvalue weighted by atomic mass is 32.2. The Morgan fingerprint density at radius 3 is 2.30 bits per heavy atom. The van der Waals surface area contributed by atoms with Gasteiger partial charge in [-0.05, 0) is 47.5 Å². The summed E-state index contributed by atoms with van der Waals surface area (Å²) in [6.07, 6.45) is 0. The van der Waals surface area contributed by atoms with E-state index in [-0.39, 0.29) is 42.2 Å². The molecule has 1 amide bonds. The molecule has 1 fully saturated rings. The van der Waals surface area contributed by atoms with Gasteiger partial charge in [-0.25, -0.2) is 12.8 Å². The van der Waals surface area contributed by atoms with Crippen LogP contribution in [0.5, 0.6) is 5.75 Å². The average Bonchev–Trinajstić information content (AvgIpc) is 3.31. The Kier molecular flexibility index (Phi) is 6.76. The lowest BCUT2D eigenvalue weighted by molar-refractivity contribution is -0.125. The van der Waals surface area contributed by atoms with Crippen molar-refractivity contribution >= 4 is 15.9 Å². The third-order valence-electron chi connectivity index (χ3n) is 5.93. The maximum absolute atomic E-state index is 13.3. The first-order chi connectivity index (χ1) is 15.9. The van der Waals surface area contributed by atoms with Gasteiger partial charge in [-0.2, -0.15) is 4.31 Å². The molecule has 2 atom stereocenters. The van der Waals surface area contributed by atoms with E-state index in [9.17, 15) is 17.6 Å². The highest BCUT2D eigenvalue weighted by Crippen LogP contribution is 2.36. The summed E-state index contributed by atoms with van der Waals surface area (Å²) in [6, 6.07) is 21.6. The molecular formula is C25H25FN2O4S. The van der Waals surface area contributed by atoms with Gasteiger partial charge in [-0.15, -0.1) is 0 Å². The molecule has 8 heteroatoms. The van der Waals surface area contributed by atoms with Crippen molar-refractivity contribution in [2.24, 2.45) is 5.92 Å². The van der Waals surface area contributed by atoms with E-state index in [1.54, 1.807) is 24.3 Å². The Balaban J connectivity index is 1.56. The minimum Gasteiger partial charge on any atom is -0.497 e. The molecule has 0 saturated carbocycles. The van der Waals surface area contributed by atoms with E-state index in [4.69, 9.17) is 4.74 Å². The number of nitrogens with one attached hydrogen (secondary N) is 1. The number of halogens is 1. The number of hydrogen-bond acceptors (Lipinski definition) is 4. The molecule has 4 rings (SSSR count). The van der Waals surface area contributed by atoms with Crippen LogP contribution >= 0.6 is 0 Å². The zero-order valence-electron chi connectivity index (χ0n) is 18.1. The molecule has 1 aliphatic rings. The first kappa shape index (κ1) is 22.9. The number of sulfonamides is 1. The van der Waals surface area contributed by atoms with Gasteiger partial charge in [-0.1, -0.05) is 42.5 Å². The normalized spacial score (nSPS) is 18.7. The predicted octanol–water partition coefficient (Wildman–Crippen LogP) is 3.56. The van der Waals surface area contributed by atoms with Gasteiger partial charge in [0.1, 0.15) is 11.6 Å². The van der Waals surface area contributed by atoms with E-state index in [0.717, 1.165) is 11.1 Å². The van der Waals surface area contributed by atoms with Crippen molar-refractivity contribution in [3.8, 4) is 5.75 Å². The van der Waals surface area contributed by atoms with Gasteiger partial charge in [0.25, 0.3) is 0 Å². The predicted molar refractivity (Wildman–Crippen MR) is 123 cm³/mol. The van der Waals surface area contributed by atoms with Crippen molar-refractivity contribution in [3.05, 3.63) is 95.8 Å². The first-order valence-electron chi connectivity index (χ1n) is 10.6. The average molecular weight is 469 g/mol. The Morgan fingerprint density at radius 2 is 1.67 bits per heavy atom. The number of carbonyl (C=O) groups excluding carboxylic acids is 1. The summed E-state index contributed by atoms with van der Waals surface area (Å²) < 4.78 is 46.3. The van der Waals surface area contributed by atoms with Crippen LogP contribution in [0.15, 0.2) is 83.8 Å². The molecule has 2 unspecified atom stereocenters. The Morgan fingerprint density at radius 1 is 1.00 bits per heavy atom. The second-order valence-electron chi connectivity index (χ2n) is 7.97. The van der Waals surface area contributed by atoms with E-state index in [1.165, 1.54) is 35.7 Å². The van der Waals surface area contributed by atoms with Crippen LogP contribution in [-0.4, -0.2) is 38.8 Å². The molecule has 3 aromatic carbocycles. The van der Waals surface area contributed by atoms with Gasteiger partial charge in [-0.3, -0.25) is 4.79 Å². The van der Waals surface area contributed by atoms with Gasteiger partial charge in [0.2, 0.25) is 15.9 Å². The zero-order valence-corrected chi connectivity index (χ0v) is 19.0. The first-order valence-corrected chi connectivity index (χ1v) is 12.0. The summed E-state index contributed by atoms with van der Waals surface area (Å²) in [7, 11) is -2.27. The van der Waals surface area contributed by atoms with E-state index in [2.05, 4.69) is 5.32 Å². The molecule has 0 radical (unpaired) electrons. The van der Waals surface area contributed by atoms with Crippen LogP contribution in [0.2, 0.25) is 0 Å². The van der Waals surface area contributed by atoms with Crippen molar-refractivity contribution in [3.63, 3.8) is 0 Å². The van der Waals surface area contributed by atoms with Gasteiger partial charge < -0.3 is 10.1 Å². The van der Waals surface area contributed by atoms with E-state index < -0.39 is 15.9 Å². The third kappa shape index (κ3) is 5.07.